The van der Waals surface area contributed by atoms with Gasteiger partial charge in [0.25, 0.3) is 0 Å². The van der Waals surface area contributed by atoms with Gasteiger partial charge in [0.2, 0.25) is 5.82 Å². The Morgan fingerprint density at radius 1 is 0.771 bits per heavy atom. The quantitative estimate of drug-likeness (QED) is 0.308. The first-order valence-electron chi connectivity index (χ1n) is 13.9. The minimum Gasteiger partial charge on any atom is -0.491 e. The number of hydrogen-bond acceptors (Lipinski definition) is 1. The van der Waals surface area contributed by atoms with Gasteiger partial charge in [-0.1, -0.05) is 36.4 Å². The molecule has 3 heteroatoms. The molecule has 0 unspecified atom stereocenters. The fourth-order valence-corrected chi connectivity index (χ4v) is 6.35. The van der Waals surface area contributed by atoms with E-state index in [1.807, 2.05) is 0 Å². The highest BCUT2D eigenvalue weighted by molar-refractivity contribution is 5.31. The summed E-state index contributed by atoms with van der Waals surface area (Å²) in [6.45, 7) is 5.97. The predicted octanol–water partition coefficient (Wildman–Crippen LogP) is 9.51. The Bertz CT molecular complexity index is 935. The van der Waals surface area contributed by atoms with Crippen molar-refractivity contribution in [3.63, 3.8) is 0 Å². The van der Waals surface area contributed by atoms with E-state index >= 15 is 0 Å². The van der Waals surface area contributed by atoms with E-state index in [9.17, 15) is 8.78 Å². The maximum Gasteiger partial charge on any atom is 0.200 e. The lowest BCUT2D eigenvalue weighted by atomic mass is 9.75. The monoisotopic (exact) mass is 480 g/mol. The average molecular weight is 481 g/mol. The van der Waals surface area contributed by atoms with Crippen LogP contribution in [0, 0.1) is 23.5 Å². The lowest BCUT2D eigenvalue weighted by Gasteiger charge is -2.30. The summed E-state index contributed by atoms with van der Waals surface area (Å²) in [5.74, 6) is 1.27. The number of hydrogen-bond donors (Lipinski definition) is 0. The maximum atomic E-state index is 14.4. The molecule has 0 aliphatic heterocycles. The Morgan fingerprint density at radius 2 is 1.31 bits per heavy atom. The van der Waals surface area contributed by atoms with Crippen LogP contribution < -0.4 is 4.74 Å². The van der Waals surface area contributed by atoms with Crippen LogP contribution in [-0.2, 0) is 6.42 Å². The van der Waals surface area contributed by atoms with Gasteiger partial charge in [0.05, 0.1) is 6.61 Å². The van der Waals surface area contributed by atoms with Gasteiger partial charge in [-0.3, -0.25) is 0 Å². The Morgan fingerprint density at radius 3 is 1.83 bits per heavy atom. The second kappa shape index (κ2) is 12.7. The van der Waals surface area contributed by atoms with E-state index in [0.29, 0.717) is 30.4 Å². The highest BCUT2D eigenvalue weighted by Gasteiger charge is 2.25. The van der Waals surface area contributed by atoms with Crippen LogP contribution in [0.5, 0.6) is 5.75 Å². The molecular weight excluding hydrogens is 438 g/mol. The molecule has 2 fully saturated rings. The predicted molar refractivity (Wildman–Crippen MR) is 141 cm³/mol. The number of allylic oxidation sites excluding steroid dienone is 1. The van der Waals surface area contributed by atoms with Crippen LogP contribution in [0.1, 0.15) is 106 Å². The van der Waals surface area contributed by atoms with E-state index < -0.39 is 11.6 Å². The lowest BCUT2D eigenvalue weighted by molar-refractivity contribution is 0.304. The number of aryl methyl sites for hydroxylation is 1. The smallest absolute Gasteiger partial charge is 0.200 e. The first-order chi connectivity index (χ1) is 17.1. The Hall–Kier alpha value is -2.16. The average Bonchev–Trinajstić information content (AvgIpc) is 2.90. The SMILES string of the molecule is C=CCCC1CCC(c2ccc(C3CCC(CCc4ccc(OCC)c(F)c4F)CC3)cc2)CC1. The molecule has 0 heterocycles. The summed E-state index contributed by atoms with van der Waals surface area (Å²) in [5.41, 5.74) is 3.47. The number of benzene rings is 2. The van der Waals surface area contributed by atoms with Crippen LogP contribution in [0.2, 0.25) is 0 Å². The van der Waals surface area contributed by atoms with Gasteiger partial charge in [0.15, 0.2) is 11.6 Å². The maximum absolute atomic E-state index is 14.4. The molecule has 2 aromatic rings. The first-order valence-corrected chi connectivity index (χ1v) is 13.9. The third-order valence-corrected chi connectivity index (χ3v) is 8.60. The third-order valence-electron chi connectivity index (χ3n) is 8.60. The van der Waals surface area contributed by atoms with Crippen LogP contribution in [0.3, 0.4) is 0 Å². The van der Waals surface area contributed by atoms with Crippen molar-refractivity contribution in [1.82, 2.24) is 0 Å². The molecule has 0 N–H and O–H groups in total. The summed E-state index contributed by atoms with van der Waals surface area (Å²) in [6.07, 6.45) is 16.1. The van der Waals surface area contributed by atoms with Crippen molar-refractivity contribution in [3.8, 4) is 5.75 Å². The molecular formula is C32H42F2O. The standard InChI is InChI=1S/C32H42F2O/c1-3-5-6-23-7-12-25(13-8-23)27-17-19-28(20-18-27)26-14-9-24(10-15-26)11-16-29-21-22-30(35-4-2)32(34)31(29)33/h3,17-26H,1,4-16H2,2H3. The van der Waals surface area contributed by atoms with E-state index in [-0.39, 0.29) is 5.75 Å². The summed E-state index contributed by atoms with van der Waals surface area (Å²) in [5, 5.41) is 0. The van der Waals surface area contributed by atoms with E-state index in [2.05, 4.69) is 36.9 Å². The Kier molecular flexibility index (Phi) is 9.40. The van der Waals surface area contributed by atoms with Crippen molar-refractivity contribution >= 4 is 0 Å². The van der Waals surface area contributed by atoms with Gasteiger partial charge >= 0.3 is 0 Å². The van der Waals surface area contributed by atoms with Gasteiger partial charge in [-0.25, -0.2) is 4.39 Å². The fraction of sp³-hybridized carbons (Fsp3) is 0.562. The number of ether oxygens (including phenoxy) is 1. The van der Waals surface area contributed by atoms with Crippen LogP contribution in [0.4, 0.5) is 8.78 Å². The van der Waals surface area contributed by atoms with E-state index in [4.69, 9.17) is 4.74 Å². The molecule has 190 valence electrons. The highest BCUT2D eigenvalue weighted by atomic mass is 19.2. The first kappa shape index (κ1) is 25.9. The number of rotatable bonds is 10. The minimum atomic E-state index is -0.850. The third kappa shape index (κ3) is 6.74. The van der Waals surface area contributed by atoms with Crippen molar-refractivity contribution in [1.29, 1.82) is 0 Å². The summed E-state index contributed by atoms with van der Waals surface area (Å²) in [7, 11) is 0. The molecule has 1 nitrogen and oxygen atoms in total. The molecule has 2 aliphatic rings. The van der Waals surface area contributed by atoms with E-state index in [0.717, 1.165) is 24.7 Å². The Balaban J connectivity index is 1.23. The highest BCUT2D eigenvalue weighted by Crippen LogP contribution is 2.40. The van der Waals surface area contributed by atoms with Crippen molar-refractivity contribution in [2.24, 2.45) is 11.8 Å². The molecule has 0 spiro atoms. The second-order valence-electron chi connectivity index (χ2n) is 10.8. The fourth-order valence-electron chi connectivity index (χ4n) is 6.35. The molecule has 2 aliphatic carbocycles. The van der Waals surface area contributed by atoms with Crippen LogP contribution in [0.15, 0.2) is 49.1 Å². The van der Waals surface area contributed by atoms with Gasteiger partial charge in [-0.2, -0.15) is 4.39 Å². The van der Waals surface area contributed by atoms with Crippen LogP contribution >= 0.6 is 0 Å². The molecule has 0 amide bonds. The van der Waals surface area contributed by atoms with Crippen molar-refractivity contribution in [3.05, 3.63) is 77.4 Å². The largest absolute Gasteiger partial charge is 0.491 e. The van der Waals surface area contributed by atoms with Crippen molar-refractivity contribution in [2.75, 3.05) is 6.61 Å². The normalized spacial score (nSPS) is 24.8. The number of halogens is 2. The van der Waals surface area contributed by atoms with Gasteiger partial charge < -0.3 is 4.74 Å². The molecule has 2 saturated carbocycles. The summed E-state index contributed by atoms with van der Waals surface area (Å²) >= 11 is 0. The molecule has 2 aromatic carbocycles. The summed E-state index contributed by atoms with van der Waals surface area (Å²) < 4.78 is 33.7. The zero-order chi connectivity index (χ0) is 24.6. The van der Waals surface area contributed by atoms with Gasteiger partial charge in [-0.05, 0) is 130 Å². The summed E-state index contributed by atoms with van der Waals surface area (Å²) in [6, 6.07) is 12.8. The zero-order valence-electron chi connectivity index (χ0n) is 21.4. The molecule has 4 rings (SSSR count). The Labute approximate surface area is 211 Å². The molecule has 35 heavy (non-hydrogen) atoms. The van der Waals surface area contributed by atoms with Gasteiger partial charge in [0, 0.05) is 0 Å². The van der Waals surface area contributed by atoms with Crippen molar-refractivity contribution < 1.29 is 13.5 Å². The zero-order valence-corrected chi connectivity index (χ0v) is 21.4. The van der Waals surface area contributed by atoms with E-state index in [1.165, 1.54) is 68.9 Å². The molecule has 0 saturated heterocycles. The lowest BCUT2D eigenvalue weighted by Crippen LogP contribution is -2.15. The van der Waals surface area contributed by atoms with Crippen LogP contribution in [0.25, 0.3) is 0 Å². The minimum absolute atomic E-state index is 0.0106. The van der Waals surface area contributed by atoms with Crippen LogP contribution in [-0.4, -0.2) is 6.61 Å². The second-order valence-corrected chi connectivity index (χ2v) is 10.8. The van der Waals surface area contributed by atoms with Gasteiger partial charge in [0.1, 0.15) is 0 Å². The topological polar surface area (TPSA) is 9.23 Å². The molecule has 0 atom stereocenters. The summed E-state index contributed by atoms with van der Waals surface area (Å²) in [4.78, 5) is 0. The van der Waals surface area contributed by atoms with Gasteiger partial charge in [-0.15, -0.1) is 6.58 Å². The molecule has 0 radical (unpaired) electrons. The van der Waals surface area contributed by atoms with Crippen molar-refractivity contribution in [2.45, 2.75) is 95.8 Å². The molecule has 0 aromatic heterocycles. The van der Waals surface area contributed by atoms with E-state index in [1.54, 1.807) is 19.1 Å². The molecule has 0 bridgehead atoms.